The third-order valence-corrected chi connectivity index (χ3v) is 8.29. The van der Waals surface area contributed by atoms with Crippen molar-refractivity contribution in [3.05, 3.63) is 75.1 Å². The molecule has 3 aromatic rings. The minimum atomic E-state index is -3.63. The number of fused-ring (bicyclic) bond motifs is 1. The van der Waals surface area contributed by atoms with Crippen molar-refractivity contribution in [2.75, 3.05) is 13.1 Å². The van der Waals surface area contributed by atoms with Gasteiger partial charge in [0, 0.05) is 30.1 Å². The molecule has 8 heteroatoms. The largest absolute Gasteiger partial charge is 0.457 e. The minimum Gasteiger partial charge on any atom is -0.457 e. The second-order valence-corrected chi connectivity index (χ2v) is 11.3. The van der Waals surface area contributed by atoms with Crippen LogP contribution in [0, 0.1) is 25.7 Å². The molecule has 7 nitrogen and oxygen atoms in total. The topological polar surface area (TPSA) is 93.9 Å². The Morgan fingerprint density at radius 3 is 2.35 bits per heavy atom. The van der Waals surface area contributed by atoms with Gasteiger partial charge in [-0.2, -0.15) is 4.31 Å². The molecule has 0 N–H and O–H groups in total. The van der Waals surface area contributed by atoms with Gasteiger partial charge in [0.05, 0.1) is 10.5 Å². The SMILES string of the molecule is Cc1ccc2c(COC(=O)c3ccc(S(=O)(=O)N4CC(C)CC(C)C4)cc3)cc(=O)oc2c1C. The van der Waals surface area contributed by atoms with Gasteiger partial charge < -0.3 is 9.15 Å². The smallest absolute Gasteiger partial charge is 0.338 e. The highest BCUT2D eigenvalue weighted by atomic mass is 32.2. The van der Waals surface area contributed by atoms with Crippen LogP contribution in [0.2, 0.25) is 0 Å². The van der Waals surface area contributed by atoms with E-state index in [1.807, 2.05) is 26.0 Å². The van der Waals surface area contributed by atoms with E-state index in [0.29, 0.717) is 41.5 Å². The summed E-state index contributed by atoms with van der Waals surface area (Å²) in [5.74, 6) is 0.00311. The molecule has 0 radical (unpaired) electrons. The molecule has 1 aliphatic rings. The van der Waals surface area contributed by atoms with Crippen molar-refractivity contribution in [3.8, 4) is 0 Å². The molecule has 34 heavy (non-hydrogen) atoms. The fraction of sp³-hybridized carbons (Fsp3) is 0.385. The van der Waals surface area contributed by atoms with Gasteiger partial charge in [-0.05, 0) is 67.5 Å². The number of rotatable bonds is 5. The summed E-state index contributed by atoms with van der Waals surface area (Å²) in [5, 5.41) is 0.710. The molecule has 1 aromatic heterocycles. The van der Waals surface area contributed by atoms with Crippen molar-refractivity contribution in [2.45, 2.75) is 45.6 Å². The lowest BCUT2D eigenvalue weighted by Crippen LogP contribution is -2.42. The van der Waals surface area contributed by atoms with Crippen LogP contribution in [0.25, 0.3) is 11.0 Å². The number of esters is 1. The van der Waals surface area contributed by atoms with Gasteiger partial charge in [0.15, 0.2) is 0 Å². The van der Waals surface area contributed by atoms with E-state index in [1.54, 1.807) is 0 Å². The molecule has 0 bridgehead atoms. The maximum absolute atomic E-state index is 13.0. The number of hydrogen-bond acceptors (Lipinski definition) is 6. The Hall–Kier alpha value is -2.97. The van der Waals surface area contributed by atoms with Gasteiger partial charge in [-0.25, -0.2) is 18.0 Å². The first kappa shape index (κ1) is 24.2. The van der Waals surface area contributed by atoms with Gasteiger partial charge in [0.1, 0.15) is 12.2 Å². The number of aryl methyl sites for hydroxylation is 2. The van der Waals surface area contributed by atoms with Crippen molar-refractivity contribution >= 4 is 27.0 Å². The van der Waals surface area contributed by atoms with Crippen LogP contribution in [0.4, 0.5) is 0 Å². The van der Waals surface area contributed by atoms with Crippen molar-refractivity contribution in [1.82, 2.24) is 4.31 Å². The van der Waals surface area contributed by atoms with E-state index in [2.05, 4.69) is 13.8 Å². The molecule has 0 aliphatic carbocycles. The molecule has 0 amide bonds. The number of carbonyl (C=O) groups is 1. The Kier molecular flexibility index (Phi) is 6.64. The van der Waals surface area contributed by atoms with E-state index in [-0.39, 0.29) is 17.1 Å². The van der Waals surface area contributed by atoms with Crippen LogP contribution >= 0.6 is 0 Å². The molecular formula is C26H29NO6S. The highest BCUT2D eigenvalue weighted by Crippen LogP contribution is 2.27. The quantitative estimate of drug-likeness (QED) is 0.394. The lowest BCUT2D eigenvalue weighted by molar-refractivity contribution is 0.0473. The second kappa shape index (κ2) is 9.35. The van der Waals surface area contributed by atoms with E-state index < -0.39 is 21.6 Å². The van der Waals surface area contributed by atoms with Gasteiger partial charge >= 0.3 is 11.6 Å². The molecule has 0 spiro atoms. The van der Waals surface area contributed by atoms with E-state index >= 15 is 0 Å². The summed E-state index contributed by atoms with van der Waals surface area (Å²) in [6.07, 6.45) is 1.01. The first-order chi connectivity index (χ1) is 16.1. The summed E-state index contributed by atoms with van der Waals surface area (Å²) in [4.78, 5) is 24.8. The summed E-state index contributed by atoms with van der Waals surface area (Å²) in [7, 11) is -3.63. The zero-order valence-corrected chi connectivity index (χ0v) is 20.6. The summed E-state index contributed by atoms with van der Waals surface area (Å²) < 4.78 is 38.4. The van der Waals surface area contributed by atoms with Crippen molar-refractivity contribution in [2.24, 2.45) is 11.8 Å². The fourth-order valence-corrected chi connectivity index (χ4v) is 6.26. The van der Waals surface area contributed by atoms with Crippen LogP contribution in [-0.4, -0.2) is 31.8 Å². The highest BCUT2D eigenvalue weighted by Gasteiger charge is 2.31. The summed E-state index contributed by atoms with van der Waals surface area (Å²) in [5.41, 5.74) is 2.61. The Balaban J connectivity index is 1.50. The fourth-order valence-electron chi connectivity index (χ4n) is 4.58. The number of ether oxygens (including phenoxy) is 1. The molecule has 2 heterocycles. The van der Waals surface area contributed by atoms with Crippen molar-refractivity contribution in [1.29, 1.82) is 0 Å². The van der Waals surface area contributed by atoms with Gasteiger partial charge in [0.25, 0.3) is 0 Å². The maximum atomic E-state index is 13.0. The number of sulfonamides is 1. The first-order valence-corrected chi connectivity index (χ1v) is 12.8. The average molecular weight is 484 g/mol. The molecule has 1 fully saturated rings. The predicted molar refractivity (Wildman–Crippen MR) is 129 cm³/mol. The van der Waals surface area contributed by atoms with Gasteiger partial charge in [-0.3, -0.25) is 0 Å². The number of piperidine rings is 1. The molecule has 0 saturated carbocycles. The summed E-state index contributed by atoms with van der Waals surface area (Å²) in [6.45, 7) is 8.80. The molecule has 1 saturated heterocycles. The van der Waals surface area contributed by atoms with E-state index in [1.165, 1.54) is 34.6 Å². The van der Waals surface area contributed by atoms with E-state index in [9.17, 15) is 18.0 Å². The number of nitrogens with zero attached hydrogens (tertiary/aromatic N) is 1. The third-order valence-electron chi connectivity index (χ3n) is 6.44. The standard InChI is InChI=1S/C26H29NO6S/c1-16-11-17(2)14-27(13-16)34(30,31)22-8-6-20(7-9-22)26(29)32-15-21-12-24(28)33-25-19(4)18(3)5-10-23(21)25/h5-10,12,16-17H,11,13-15H2,1-4H3. The Bertz CT molecular complexity index is 1380. The van der Waals surface area contributed by atoms with Crippen LogP contribution in [0.5, 0.6) is 0 Å². The van der Waals surface area contributed by atoms with Crippen molar-refractivity contribution in [3.63, 3.8) is 0 Å². The Morgan fingerprint density at radius 1 is 1.06 bits per heavy atom. The minimum absolute atomic E-state index is 0.104. The maximum Gasteiger partial charge on any atom is 0.338 e. The number of carbonyl (C=O) groups excluding carboxylic acids is 1. The molecule has 2 unspecified atom stereocenters. The monoisotopic (exact) mass is 483 g/mol. The van der Waals surface area contributed by atoms with Crippen LogP contribution in [0.3, 0.4) is 0 Å². The van der Waals surface area contributed by atoms with Crippen LogP contribution in [0.15, 0.2) is 56.6 Å². The Morgan fingerprint density at radius 2 is 1.71 bits per heavy atom. The average Bonchev–Trinajstić information content (AvgIpc) is 2.79. The van der Waals surface area contributed by atoms with Gasteiger partial charge in [0.2, 0.25) is 10.0 Å². The normalized spacial score (nSPS) is 19.3. The molecule has 180 valence electrons. The van der Waals surface area contributed by atoms with Gasteiger partial charge in [-0.15, -0.1) is 0 Å². The molecular weight excluding hydrogens is 454 g/mol. The summed E-state index contributed by atoms with van der Waals surface area (Å²) in [6, 6.07) is 10.9. The van der Waals surface area contributed by atoms with Gasteiger partial charge in [-0.1, -0.05) is 26.0 Å². The highest BCUT2D eigenvalue weighted by molar-refractivity contribution is 7.89. The number of hydrogen-bond donors (Lipinski definition) is 0. The zero-order chi connectivity index (χ0) is 24.6. The zero-order valence-electron chi connectivity index (χ0n) is 19.8. The van der Waals surface area contributed by atoms with Crippen LogP contribution in [-0.2, 0) is 21.4 Å². The molecule has 4 rings (SSSR count). The molecule has 2 aromatic carbocycles. The van der Waals surface area contributed by atoms with Crippen LogP contribution in [0.1, 0.15) is 47.3 Å². The lowest BCUT2D eigenvalue weighted by atomic mass is 9.94. The summed E-state index contributed by atoms with van der Waals surface area (Å²) >= 11 is 0. The van der Waals surface area contributed by atoms with E-state index in [4.69, 9.17) is 9.15 Å². The number of benzene rings is 2. The lowest BCUT2D eigenvalue weighted by Gasteiger charge is -2.34. The second-order valence-electron chi connectivity index (χ2n) is 9.34. The predicted octanol–water partition coefficient (Wildman–Crippen LogP) is 4.43. The Labute approximate surface area is 199 Å². The first-order valence-electron chi connectivity index (χ1n) is 11.4. The third kappa shape index (κ3) is 4.79. The van der Waals surface area contributed by atoms with Crippen LogP contribution < -0.4 is 5.63 Å². The van der Waals surface area contributed by atoms with E-state index in [0.717, 1.165) is 17.5 Å². The molecule has 1 aliphatic heterocycles. The van der Waals surface area contributed by atoms with Crippen molar-refractivity contribution < 1.29 is 22.4 Å². The molecule has 2 atom stereocenters.